The summed E-state index contributed by atoms with van der Waals surface area (Å²) < 4.78 is 0.334. The predicted octanol–water partition coefficient (Wildman–Crippen LogP) is 2.95. The second-order valence-electron chi connectivity index (χ2n) is 5.14. The van der Waals surface area contributed by atoms with Crippen molar-refractivity contribution in [3.8, 4) is 0 Å². The predicted molar refractivity (Wildman–Crippen MR) is 78.5 cm³/mol. The molecule has 1 aromatic rings. The molecule has 100 valence electrons. The summed E-state index contributed by atoms with van der Waals surface area (Å²) in [6, 6.07) is 1.89. The first kappa shape index (κ1) is 14.0. The van der Waals surface area contributed by atoms with Gasteiger partial charge in [0.15, 0.2) is 0 Å². The van der Waals surface area contributed by atoms with Gasteiger partial charge in [0.1, 0.15) is 5.82 Å². The number of aliphatic hydroxyl groups excluding tert-OH is 1. The van der Waals surface area contributed by atoms with Crippen molar-refractivity contribution in [2.45, 2.75) is 31.6 Å². The van der Waals surface area contributed by atoms with Gasteiger partial charge in [-0.15, -0.1) is 0 Å². The molecule has 1 aromatic heterocycles. The van der Waals surface area contributed by atoms with E-state index in [0.29, 0.717) is 9.77 Å². The van der Waals surface area contributed by atoms with E-state index < -0.39 is 0 Å². The molecule has 0 aliphatic carbocycles. The van der Waals surface area contributed by atoms with Crippen LogP contribution in [-0.2, 0) is 6.61 Å². The van der Waals surface area contributed by atoms with Crippen molar-refractivity contribution in [1.82, 2.24) is 4.98 Å². The van der Waals surface area contributed by atoms with Crippen LogP contribution in [0.25, 0.3) is 0 Å². The number of rotatable bonds is 2. The third-order valence-corrected chi connectivity index (χ3v) is 4.97. The molecule has 1 saturated heterocycles. The van der Waals surface area contributed by atoms with E-state index in [1.807, 2.05) is 17.8 Å². The van der Waals surface area contributed by atoms with E-state index in [0.717, 1.165) is 36.6 Å². The van der Waals surface area contributed by atoms with Gasteiger partial charge in [-0.05, 0) is 12.5 Å². The van der Waals surface area contributed by atoms with Crippen LogP contribution in [0.15, 0.2) is 12.3 Å². The number of aromatic nitrogens is 1. The molecule has 2 heterocycles. The van der Waals surface area contributed by atoms with Crippen LogP contribution in [0.4, 0.5) is 5.82 Å². The Morgan fingerprint density at radius 2 is 2.28 bits per heavy atom. The largest absolute Gasteiger partial charge is 0.392 e. The molecule has 1 fully saturated rings. The van der Waals surface area contributed by atoms with Gasteiger partial charge in [-0.25, -0.2) is 4.98 Å². The fourth-order valence-electron chi connectivity index (χ4n) is 2.01. The number of hydrogen-bond acceptors (Lipinski definition) is 4. The Bertz CT molecular complexity index is 425. The van der Waals surface area contributed by atoms with Crippen LogP contribution < -0.4 is 4.90 Å². The maximum Gasteiger partial charge on any atom is 0.128 e. The summed E-state index contributed by atoms with van der Waals surface area (Å²) in [6.07, 6.45) is 2.77. The average Bonchev–Trinajstić information content (AvgIpc) is 2.51. The van der Waals surface area contributed by atoms with Crippen molar-refractivity contribution in [3.05, 3.63) is 22.8 Å². The number of halogens is 1. The standard InChI is InChI=1S/C13H19ClN2OS/c1-13(2)3-4-16(5-6-18-13)12-7-10(9-17)11(14)8-15-12/h7-8,17H,3-6,9H2,1-2H3. The Morgan fingerprint density at radius 1 is 1.50 bits per heavy atom. The summed E-state index contributed by atoms with van der Waals surface area (Å²) in [6.45, 7) is 6.53. The summed E-state index contributed by atoms with van der Waals surface area (Å²) in [7, 11) is 0. The van der Waals surface area contributed by atoms with E-state index in [9.17, 15) is 5.11 Å². The summed E-state index contributed by atoms with van der Waals surface area (Å²) >= 11 is 7.98. The van der Waals surface area contributed by atoms with E-state index in [2.05, 4.69) is 23.7 Å². The van der Waals surface area contributed by atoms with Crippen LogP contribution in [-0.4, -0.2) is 33.7 Å². The molecule has 18 heavy (non-hydrogen) atoms. The van der Waals surface area contributed by atoms with Crippen molar-refractivity contribution in [2.75, 3.05) is 23.7 Å². The number of pyridine rings is 1. The molecular weight excluding hydrogens is 268 g/mol. The van der Waals surface area contributed by atoms with E-state index in [1.54, 1.807) is 6.20 Å². The molecule has 0 amide bonds. The van der Waals surface area contributed by atoms with Crippen molar-refractivity contribution < 1.29 is 5.11 Å². The Kier molecular flexibility index (Phi) is 4.41. The molecule has 1 aliphatic rings. The molecule has 0 radical (unpaired) electrons. The van der Waals surface area contributed by atoms with Gasteiger partial charge < -0.3 is 10.0 Å². The molecule has 0 spiro atoms. The Labute approximate surface area is 118 Å². The summed E-state index contributed by atoms with van der Waals surface area (Å²) in [5.41, 5.74) is 0.748. The highest BCUT2D eigenvalue weighted by molar-refractivity contribution is 8.00. The van der Waals surface area contributed by atoms with Crippen molar-refractivity contribution in [1.29, 1.82) is 0 Å². The SMILES string of the molecule is CC1(C)CCN(c2cc(CO)c(Cl)cn2)CCS1. The monoisotopic (exact) mass is 286 g/mol. The lowest BCUT2D eigenvalue weighted by Gasteiger charge is -2.23. The second kappa shape index (κ2) is 5.68. The minimum atomic E-state index is -0.0392. The van der Waals surface area contributed by atoms with E-state index in [1.165, 1.54) is 0 Å². The third-order valence-electron chi connectivity index (χ3n) is 3.25. The van der Waals surface area contributed by atoms with Gasteiger partial charge in [0.2, 0.25) is 0 Å². The van der Waals surface area contributed by atoms with Gasteiger partial charge in [-0.2, -0.15) is 11.8 Å². The molecule has 5 heteroatoms. The fourth-order valence-corrected chi connectivity index (χ4v) is 3.27. The maximum atomic E-state index is 9.25. The first-order valence-corrected chi connectivity index (χ1v) is 7.52. The number of thioether (sulfide) groups is 1. The second-order valence-corrected chi connectivity index (χ2v) is 7.35. The number of hydrogen-bond donors (Lipinski definition) is 1. The van der Waals surface area contributed by atoms with Gasteiger partial charge in [-0.1, -0.05) is 25.4 Å². The van der Waals surface area contributed by atoms with Crippen molar-refractivity contribution in [3.63, 3.8) is 0 Å². The van der Waals surface area contributed by atoms with Crippen LogP contribution in [0.1, 0.15) is 25.8 Å². The zero-order valence-electron chi connectivity index (χ0n) is 10.8. The maximum absolute atomic E-state index is 9.25. The molecule has 0 atom stereocenters. The molecule has 1 aliphatic heterocycles. The molecule has 0 aromatic carbocycles. The van der Waals surface area contributed by atoms with E-state index in [4.69, 9.17) is 11.6 Å². The number of anilines is 1. The lowest BCUT2D eigenvalue weighted by atomic mass is 10.1. The van der Waals surface area contributed by atoms with Crippen molar-refractivity contribution >= 4 is 29.2 Å². The first-order valence-electron chi connectivity index (χ1n) is 6.16. The highest BCUT2D eigenvalue weighted by atomic mass is 35.5. The van der Waals surface area contributed by atoms with Crippen LogP contribution in [0.3, 0.4) is 0 Å². The number of nitrogens with zero attached hydrogens (tertiary/aromatic N) is 2. The molecule has 0 bridgehead atoms. The quantitative estimate of drug-likeness (QED) is 0.907. The Balaban J connectivity index is 2.16. The zero-order valence-corrected chi connectivity index (χ0v) is 12.4. The molecule has 2 rings (SSSR count). The third kappa shape index (κ3) is 3.31. The van der Waals surface area contributed by atoms with E-state index >= 15 is 0 Å². The van der Waals surface area contributed by atoms with Gasteiger partial charge >= 0.3 is 0 Å². The van der Waals surface area contributed by atoms with Gasteiger partial charge in [-0.3, -0.25) is 0 Å². The lowest BCUT2D eigenvalue weighted by molar-refractivity contribution is 0.282. The highest BCUT2D eigenvalue weighted by Crippen LogP contribution is 2.32. The van der Waals surface area contributed by atoms with Gasteiger partial charge in [0.25, 0.3) is 0 Å². The Hall–Kier alpha value is -0.450. The molecule has 3 nitrogen and oxygen atoms in total. The minimum absolute atomic E-state index is 0.0392. The first-order chi connectivity index (χ1) is 8.52. The average molecular weight is 287 g/mol. The smallest absolute Gasteiger partial charge is 0.128 e. The van der Waals surface area contributed by atoms with Crippen LogP contribution in [0.5, 0.6) is 0 Å². The van der Waals surface area contributed by atoms with Crippen LogP contribution in [0, 0.1) is 0 Å². The topological polar surface area (TPSA) is 36.4 Å². The fraction of sp³-hybridized carbons (Fsp3) is 0.615. The van der Waals surface area contributed by atoms with Crippen LogP contribution in [0.2, 0.25) is 5.02 Å². The van der Waals surface area contributed by atoms with Gasteiger partial charge in [0.05, 0.1) is 11.6 Å². The highest BCUT2D eigenvalue weighted by Gasteiger charge is 2.24. The zero-order chi connectivity index (χ0) is 13.2. The molecular formula is C13H19ClN2OS. The summed E-state index contributed by atoms with van der Waals surface area (Å²) in [4.78, 5) is 6.65. The molecule has 1 N–H and O–H groups in total. The van der Waals surface area contributed by atoms with Crippen LogP contribution >= 0.6 is 23.4 Å². The molecule has 0 unspecified atom stereocenters. The number of aliphatic hydroxyl groups is 1. The summed E-state index contributed by atoms with van der Waals surface area (Å²) in [5.74, 6) is 2.02. The van der Waals surface area contributed by atoms with Crippen molar-refractivity contribution in [2.24, 2.45) is 0 Å². The molecule has 0 saturated carbocycles. The summed E-state index contributed by atoms with van der Waals surface area (Å²) in [5, 5.41) is 9.78. The lowest BCUT2D eigenvalue weighted by Crippen LogP contribution is -2.27. The Morgan fingerprint density at radius 3 is 3.00 bits per heavy atom. The van der Waals surface area contributed by atoms with E-state index in [-0.39, 0.29) is 6.61 Å². The minimum Gasteiger partial charge on any atom is -0.392 e. The normalized spacial score (nSPS) is 19.7. The van der Waals surface area contributed by atoms with Gasteiger partial charge in [0, 0.05) is 35.3 Å².